The van der Waals surface area contributed by atoms with Crippen molar-refractivity contribution in [3.05, 3.63) is 35.9 Å². The predicted octanol–water partition coefficient (Wildman–Crippen LogP) is 0.705. The Morgan fingerprint density at radius 1 is 1.17 bits per heavy atom. The number of hydrogen-bond donors (Lipinski definition) is 2. The van der Waals surface area contributed by atoms with Crippen LogP contribution in [0.3, 0.4) is 0 Å². The molecule has 8 nitrogen and oxygen atoms in total. The molecule has 0 bridgehead atoms. The first-order chi connectivity index (χ1) is 11.5. The summed E-state index contributed by atoms with van der Waals surface area (Å²) >= 11 is 0. The van der Waals surface area contributed by atoms with Gasteiger partial charge in [-0.25, -0.2) is 14.6 Å². The zero-order valence-corrected chi connectivity index (χ0v) is 13.5. The molecule has 1 aliphatic heterocycles. The van der Waals surface area contributed by atoms with Crippen molar-refractivity contribution in [1.82, 2.24) is 10.6 Å². The van der Waals surface area contributed by atoms with Crippen molar-refractivity contribution in [3.63, 3.8) is 0 Å². The Labute approximate surface area is 139 Å². The van der Waals surface area contributed by atoms with Crippen molar-refractivity contribution in [3.8, 4) is 0 Å². The van der Waals surface area contributed by atoms with Crippen LogP contribution in [-0.4, -0.2) is 42.6 Å². The van der Waals surface area contributed by atoms with E-state index in [0.717, 1.165) is 5.56 Å². The highest BCUT2D eigenvalue weighted by molar-refractivity contribution is 5.94. The van der Waals surface area contributed by atoms with Gasteiger partial charge in [0.25, 0.3) is 0 Å². The minimum atomic E-state index is -0.845. The number of benzene rings is 1. The molecule has 3 atom stereocenters. The summed E-state index contributed by atoms with van der Waals surface area (Å²) in [6, 6.07) is 7.59. The predicted molar refractivity (Wildman–Crippen MR) is 82.7 cm³/mol. The molecular weight excluding hydrogens is 316 g/mol. The van der Waals surface area contributed by atoms with Gasteiger partial charge >= 0.3 is 6.09 Å². The van der Waals surface area contributed by atoms with E-state index in [1.165, 1.54) is 6.92 Å². The fraction of sp³-hybridized carbons (Fsp3) is 0.438. The highest BCUT2D eigenvalue weighted by Crippen LogP contribution is 2.09. The largest absolute Gasteiger partial charge is 0.445 e. The van der Waals surface area contributed by atoms with Crippen LogP contribution in [-0.2, 0) is 30.7 Å². The van der Waals surface area contributed by atoms with Crippen molar-refractivity contribution in [2.75, 3.05) is 6.61 Å². The number of ketones is 1. The van der Waals surface area contributed by atoms with Crippen LogP contribution in [0.5, 0.6) is 0 Å². The highest BCUT2D eigenvalue weighted by atomic mass is 17.2. The molecule has 1 aliphatic rings. The summed E-state index contributed by atoms with van der Waals surface area (Å²) in [6.07, 6.45) is -1.37. The van der Waals surface area contributed by atoms with E-state index in [-0.39, 0.29) is 19.0 Å². The third-order valence-electron chi connectivity index (χ3n) is 3.45. The Kier molecular flexibility index (Phi) is 6.28. The first-order valence-electron chi connectivity index (χ1n) is 7.57. The average Bonchev–Trinajstić information content (AvgIpc) is 2.52. The Balaban J connectivity index is 1.72. The summed E-state index contributed by atoms with van der Waals surface area (Å²) in [6.45, 7) is 3.33. The molecule has 0 radical (unpaired) electrons. The van der Waals surface area contributed by atoms with E-state index in [1.54, 1.807) is 6.92 Å². The number of Topliss-reactive ketones (excluding diaryl/α,β-unsaturated/α-hetero) is 1. The van der Waals surface area contributed by atoms with Crippen LogP contribution in [0.4, 0.5) is 4.79 Å². The standard InChI is InChI=1S/C16H20N2O6/c1-10(14(19)13-9-23-24-13)17-15(20)11(2)18-16(21)22-8-12-6-4-3-5-7-12/h3-7,10-11,13H,8-9H2,1-2H3,(H,17,20)(H,18,21)/t10-,11-,13?/m0/s1. The Bertz CT molecular complexity index is 587. The molecule has 0 saturated carbocycles. The van der Waals surface area contributed by atoms with E-state index in [4.69, 9.17) is 4.74 Å². The van der Waals surface area contributed by atoms with Gasteiger partial charge in [-0.2, -0.15) is 0 Å². The van der Waals surface area contributed by atoms with Crippen molar-refractivity contribution < 1.29 is 28.9 Å². The molecule has 1 aromatic rings. The van der Waals surface area contributed by atoms with Gasteiger partial charge in [-0.3, -0.25) is 9.59 Å². The minimum absolute atomic E-state index is 0.106. The number of amides is 2. The van der Waals surface area contributed by atoms with Crippen molar-refractivity contribution >= 4 is 17.8 Å². The zero-order chi connectivity index (χ0) is 17.5. The Morgan fingerprint density at radius 2 is 1.83 bits per heavy atom. The maximum Gasteiger partial charge on any atom is 0.408 e. The number of carbonyl (C=O) groups is 3. The van der Waals surface area contributed by atoms with Crippen LogP contribution in [0.1, 0.15) is 19.4 Å². The molecule has 0 spiro atoms. The fourth-order valence-electron chi connectivity index (χ4n) is 1.96. The monoisotopic (exact) mass is 336 g/mol. The van der Waals surface area contributed by atoms with E-state index in [0.29, 0.717) is 0 Å². The highest BCUT2D eigenvalue weighted by Gasteiger charge is 2.33. The molecule has 2 rings (SSSR count). The summed E-state index contributed by atoms with van der Waals surface area (Å²) in [5.74, 6) is -0.777. The number of ether oxygens (including phenoxy) is 1. The summed E-state index contributed by atoms with van der Waals surface area (Å²) in [7, 11) is 0. The number of alkyl carbamates (subject to hydrolysis) is 1. The van der Waals surface area contributed by atoms with Gasteiger partial charge in [0.2, 0.25) is 5.91 Å². The lowest BCUT2D eigenvalue weighted by Crippen LogP contribution is -2.53. The second-order valence-corrected chi connectivity index (χ2v) is 5.43. The molecule has 1 aromatic carbocycles. The quantitative estimate of drug-likeness (QED) is 0.711. The van der Waals surface area contributed by atoms with Gasteiger partial charge in [0.15, 0.2) is 11.9 Å². The molecule has 1 heterocycles. The first kappa shape index (κ1) is 17.9. The minimum Gasteiger partial charge on any atom is -0.445 e. The summed E-state index contributed by atoms with van der Waals surface area (Å²) in [5.41, 5.74) is 0.840. The van der Waals surface area contributed by atoms with Crippen molar-refractivity contribution in [2.45, 2.75) is 38.6 Å². The normalized spacial score (nSPS) is 18.7. The van der Waals surface area contributed by atoms with Gasteiger partial charge in [0, 0.05) is 0 Å². The topological polar surface area (TPSA) is 103 Å². The third-order valence-corrected chi connectivity index (χ3v) is 3.45. The van der Waals surface area contributed by atoms with Gasteiger partial charge in [0.05, 0.1) is 6.04 Å². The van der Waals surface area contributed by atoms with Crippen molar-refractivity contribution in [1.29, 1.82) is 0 Å². The molecule has 2 N–H and O–H groups in total. The molecule has 2 amide bonds. The Morgan fingerprint density at radius 3 is 2.42 bits per heavy atom. The lowest BCUT2D eigenvalue weighted by molar-refractivity contribution is -0.410. The van der Waals surface area contributed by atoms with E-state index in [2.05, 4.69) is 20.4 Å². The summed E-state index contributed by atoms with van der Waals surface area (Å²) in [4.78, 5) is 44.6. The molecule has 130 valence electrons. The molecule has 0 aromatic heterocycles. The third kappa shape index (κ3) is 5.04. The molecule has 1 saturated heterocycles. The average molecular weight is 336 g/mol. The maximum atomic E-state index is 12.0. The van der Waals surface area contributed by atoms with E-state index >= 15 is 0 Å². The van der Waals surface area contributed by atoms with E-state index in [9.17, 15) is 14.4 Å². The smallest absolute Gasteiger partial charge is 0.408 e. The molecule has 8 heteroatoms. The zero-order valence-electron chi connectivity index (χ0n) is 13.5. The van der Waals surface area contributed by atoms with Gasteiger partial charge in [-0.1, -0.05) is 30.3 Å². The van der Waals surface area contributed by atoms with Crippen LogP contribution in [0.15, 0.2) is 30.3 Å². The lowest BCUT2D eigenvalue weighted by Gasteiger charge is -2.26. The van der Waals surface area contributed by atoms with Gasteiger partial charge in [0.1, 0.15) is 19.3 Å². The maximum absolute atomic E-state index is 12.0. The molecular formula is C16H20N2O6. The van der Waals surface area contributed by atoms with E-state index < -0.39 is 30.2 Å². The number of hydrogen-bond acceptors (Lipinski definition) is 6. The van der Waals surface area contributed by atoms with Gasteiger partial charge in [-0.05, 0) is 19.4 Å². The first-order valence-corrected chi connectivity index (χ1v) is 7.57. The van der Waals surface area contributed by atoms with Crippen LogP contribution >= 0.6 is 0 Å². The SMILES string of the molecule is C[C@H](NC(=O)OCc1ccccc1)C(=O)N[C@@H](C)C(=O)C1COO1. The molecule has 24 heavy (non-hydrogen) atoms. The second-order valence-electron chi connectivity index (χ2n) is 5.43. The van der Waals surface area contributed by atoms with Crippen LogP contribution in [0.25, 0.3) is 0 Å². The van der Waals surface area contributed by atoms with Gasteiger partial charge < -0.3 is 15.4 Å². The number of nitrogens with one attached hydrogen (secondary N) is 2. The summed E-state index contributed by atoms with van der Waals surface area (Å²) < 4.78 is 5.03. The molecule has 1 fully saturated rings. The number of rotatable bonds is 7. The second kappa shape index (κ2) is 8.42. The molecule has 0 aliphatic carbocycles. The van der Waals surface area contributed by atoms with Crippen molar-refractivity contribution in [2.24, 2.45) is 0 Å². The van der Waals surface area contributed by atoms with Crippen LogP contribution < -0.4 is 10.6 Å². The fourth-order valence-corrected chi connectivity index (χ4v) is 1.96. The summed E-state index contributed by atoms with van der Waals surface area (Å²) in [5, 5.41) is 4.92. The van der Waals surface area contributed by atoms with Gasteiger partial charge in [-0.15, -0.1) is 0 Å². The Hall–Kier alpha value is -2.45. The lowest BCUT2D eigenvalue weighted by atomic mass is 10.1. The van der Waals surface area contributed by atoms with Crippen LogP contribution in [0.2, 0.25) is 0 Å². The molecule has 1 unspecified atom stereocenters. The number of carbonyl (C=O) groups excluding carboxylic acids is 3. The van der Waals surface area contributed by atoms with Crippen LogP contribution in [0, 0.1) is 0 Å². The van der Waals surface area contributed by atoms with E-state index in [1.807, 2.05) is 30.3 Å².